The zero-order valence-corrected chi connectivity index (χ0v) is 19.1. The number of aliphatic carboxylic acids is 1. The Hall–Kier alpha value is -3.54. The smallest absolute Gasteiger partial charge is 0.303 e. The number of hydrogen-bond donors (Lipinski definition) is 1. The number of ether oxygens (including phenoxy) is 3. The molecule has 0 unspecified atom stereocenters. The Morgan fingerprint density at radius 2 is 1.76 bits per heavy atom. The van der Waals surface area contributed by atoms with E-state index >= 15 is 0 Å². The molecule has 5 nitrogen and oxygen atoms in total. The van der Waals surface area contributed by atoms with Gasteiger partial charge in [-0.05, 0) is 59.9 Å². The van der Waals surface area contributed by atoms with Gasteiger partial charge in [0.25, 0.3) is 0 Å². The third-order valence-corrected chi connectivity index (χ3v) is 5.01. The molecule has 0 aliphatic carbocycles. The summed E-state index contributed by atoms with van der Waals surface area (Å²) >= 11 is 0. The summed E-state index contributed by atoms with van der Waals surface area (Å²) in [6.07, 6.45) is 0.517. The van der Waals surface area contributed by atoms with Gasteiger partial charge in [-0.15, -0.1) is 0 Å². The Morgan fingerprint density at radius 1 is 0.939 bits per heavy atom. The third kappa shape index (κ3) is 6.97. The second kappa shape index (κ2) is 11.4. The van der Waals surface area contributed by atoms with E-state index in [2.05, 4.69) is 13.8 Å². The third-order valence-electron chi connectivity index (χ3n) is 5.01. The van der Waals surface area contributed by atoms with Gasteiger partial charge < -0.3 is 19.3 Å². The molecule has 1 N–H and O–H groups in total. The van der Waals surface area contributed by atoms with Crippen molar-refractivity contribution in [2.24, 2.45) is 5.92 Å². The van der Waals surface area contributed by atoms with Gasteiger partial charge in [-0.25, -0.2) is 4.39 Å². The van der Waals surface area contributed by atoms with Gasteiger partial charge >= 0.3 is 5.97 Å². The van der Waals surface area contributed by atoms with E-state index in [1.54, 1.807) is 19.2 Å². The second-order valence-corrected chi connectivity index (χ2v) is 8.21. The topological polar surface area (TPSA) is 65.0 Å². The second-order valence-electron chi connectivity index (χ2n) is 8.21. The first-order valence-corrected chi connectivity index (χ1v) is 10.9. The highest BCUT2D eigenvalue weighted by Crippen LogP contribution is 2.35. The molecule has 6 heteroatoms. The van der Waals surface area contributed by atoms with Gasteiger partial charge in [0.2, 0.25) is 0 Å². The lowest BCUT2D eigenvalue weighted by Gasteiger charge is -2.16. The highest BCUT2D eigenvalue weighted by molar-refractivity contribution is 5.72. The summed E-state index contributed by atoms with van der Waals surface area (Å²) in [4.78, 5) is 10.8. The summed E-state index contributed by atoms with van der Waals surface area (Å²) in [5, 5.41) is 8.88. The molecule has 0 bridgehead atoms. The van der Waals surface area contributed by atoms with Crippen molar-refractivity contribution < 1.29 is 28.5 Å². The van der Waals surface area contributed by atoms with Crippen molar-refractivity contribution in [2.75, 3.05) is 13.7 Å². The lowest BCUT2D eigenvalue weighted by atomic mass is 10.0. The fourth-order valence-corrected chi connectivity index (χ4v) is 3.30. The average Bonchev–Trinajstić information content (AvgIpc) is 2.81. The number of rotatable bonds is 11. The zero-order chi connectivity index (χ0) is 23.8. The maximum absolute atomic E-state index is 14.6. The lowest BCUT2D eigenvalue weighted by molar-refractivity contribution is -0.136. The molecule has 0 aliphatic rings. The van der Waals surface area contributed by atoms with Gasteiger partial charge in [0.05, 0.1) is 13.7 Å². The molecule has 0 heterocycles. The Morgan fingerprint density at radius 3 is 2.48 bits per heavy atom. The highest BCUT2D eigenvalue weighted by atomic mass is 19.1. The van der Waals surface area contributed by atoms with Crippen LogP contribution in [0, 0.1) is 11.7 Å². The van der Waals surface area contributed by atoms with E-state index in [4.69, 9.17) is 19.3 Å². The number of hydrogen-bond acceptors (Lipinski definition) is 4. The summed E-state index contributed by atoms with van der Waals surface area (Å²) in [7, 11) is 1.55. The minimum Gasteiger partial charge on any atom is -0.497 e. The van der Waals surface area contributed by atoms with Crippen molar-refractivity contribution in [3.63, 3.8) is 0 Å². The SMILES string of the molecule is COc1ccc(F)c(-c2ccc(COc3cccc(CCC(=O)O)c3)cc2OCC(C)C)c1. The molecule has 3 aromatic carbocycles. The van der Waals surface area contributed by atoms with Crippen molar-refractivity contribution in [2.45, 2.75) is 33.3 Å². The molecule has 0 aliphatic heterocycles. The van der Waals surface area contributed by atoms with Crippen LogP contribution in [0.15, 0.2) is 60.7 Å². The van der Waals surface area contributed by atoms with E-state index in [1.807, 2.05) is 42.5 Å². The van der Waals surface area contributed by atoms with Crippen molar-refractivity contribution in [1.82, 2.24) is 0 Å². The molecule has 0 radical (unpaired) electrons. The average molecular weight is 453 g/mol. The van der Waals surface area contributed by atoms with E-state index in [9.17, 15) is 9.18 Å². The van der Waals surface area contributed by atoms with Crippen molar-refractivity contribution in [1.29, 1.82) is 0 Å². The van der Waals surface area contributed by atoms with E-state index in [0.717, 1.165) is 11.1 Å². The standard InChI is InChI=1S/C27H29FO5/c1-18(2)16-33-26-14-20(7-10-23(26)24-15-21(31-3)9-11-25(24)28)17-32-22-6-4-5-19(13-22)8-12-27(29)30/h4-7,9-11,13-15,18H,8,12,16-17H2,1-3H3,(H,29,30). The van der Waals surface area contributed by atoms with Gasteiger partial charge in [0.15, 0.2) is 0 Å². The normalized spacial score (nSPS) is 10.8. The van der Waals surface area contributed by atoms with Gasteiger partial charge in [0, 0.05) is 17.5 Å². The Balaban J connectivity index is 1.82. The quantitative estimate of drug-likeness (QED) is 0.379. The molecule has 0 spiro atoms. The molecule has 0 atom stereocenters. The molecule has 0 saturated heterocycles. The van der Waals surface area contributed by atoms with Gasteiger partial charge in [-0.3, -0.25) is 4.79 Å². The zero-order valence-electron chi connectivity index (χ0n) is 19.1. The van der Waals surface area contributed by atoms with Crippen LogP contribution in [-0.2, 0) is 17.8 Å². The Labute approximate surface area is 193 Å². The molecule has 0 saturated carbocycles. The van der Waals surface area contributed by atoms with Gasteiger partial charge in [0.1, 0.15) is 29.7 Å². The van der Waals surface area contributed by atoms with Crippen molar-refractivity contribution in [3.8, 4) is 28.4 Å². The Kier molecular flexibility index (Phi) is 8.30. The van der Waals surface area contributed by atoms with Crippen LogP contribution in [0.4, 0.5) is 4.39 Å². The largest absolute Gasteiger partial charge is 0.497 e. The molecule has 174 valence electrons. The van der Waals surface area contributed by atoms with Crippen molar-refractivity contribution in [3.05, 3.63) is 77.6 Å². The number of methoxy groups -OCH3 is 1. The lowest BCUT2D eigenvalue weighted by Crippen LogP contribution is -2.06. The maximum Gasteiger partial charge on any atom is 0.303 e. The fraction of sp³-hybridized carbons (Fsp3) is 0.296. The minimum absolute atomic E-state index is 0.0717. The number of aryl methyl sites for hydroxylation is 1. The number of benzene rings is 3. The number of halogens is 1. The minimum atomic E-state index is -0.831. The first-order chi connectivity index (χ1) is 15.9. The predicted octanol–water partition coefficient (Wildman–Crippen LogP) is 6.13. The number of carboxylic acid groups (broad SMARTS) is 1. The maximum atomic E-state index is 14.6. The van der Waals surface area contributed by atoms with Crippen LogP contribution in [0.5, 0.6) is 17.2 Å². The molecule has 33 heavy (non-hydrogen) atoms. The van der Waals surface area contributed by atoms with Gasteiger partial charge in [-0.2, -0.15) is 0 Å². The monoisotopic (exact) mass is 452 g/mol. The molecule has 0 amide bonds. The molecule has 3 rings (SSSR count). The molecule has 3 aromatic rings. The summed E-state index contributed by atoms with van der Waals surface area (Å²) in [6.45, 7) is 4.89. The van der Waals surface area contributed by atoms with Crippen LogP contribution < -0.4 is 14.2 Å². The van der Waals surface area contributed by atoms with E-state index in [-0.39, 0.29) is 12.2 Å². The van der Waals surface area contributed by atoms with Crippen LogP contribution in [0.2, 0.25) is 0 Å². The summed E-state index contributed by atoms with van der Waals surface area (Å²) in [5.41, 5.74) is 2.83. The molecule has 0 fully saturated rings. The summed E-state index contributed by atoms with van der Waals surface area (Å²) in [5.74, 6) is 0.922. The summed E-state index contributed by atoms with van der Waals surface area (Å²) in [6, 6.07) is 17.6. The number of carbonyl (C=O) groups is 1. The number of carboxylic acids is 1. The van der Waals surface area contributed by atoms with Crippen LogP contribution in [0.3, 0.4) is 0 Å². The van der Waals surface area contributed by atoms with Crippen LogP contribution in [-0.4, -0.2) is 24.8 Å². The van der Waals surface area contributed by atoms with Crippen LogP contribution in [0.1, 0.15) is 31.4 Å². The first-order valence-electron chi connectivity index (χ1n) is 10.9. The van der Waals surface area contributed by atoms with Gasteiger partial charge in [-0.1, -0.05) is 38.1 Å². The van der Waals surface area contributed by atoms with E-state index in [0.29, 0.717) is 53.9 Å². The fourth-order valence-electron chi connectivity index (χ4n) is 3.30. The highest BCUT2D eigenvalue weighted by Gasteiger charge is 2.14. The van der Waals surface area contributed by atoms with E-state index in [1.165, 1.54) is 6.07 Å². The van der Waals surface area contributed by atoms with E-state index < -0.39 is 5.97 Å². The summed E-state index contributed by atoms with van der Waals surface area (Å²) < 4.78 is 31.8. The first kappa shape index (κ1) is 24.1. The molecule has 0 aromatic heterocycles. The predicted molar refractivity (Wildman–Crippen MR) is 125 cm³/mol. The van der Waals surface area contributed by atoms with Crippen molar-refractivity contribution >= 4 is 5.97 Å². The van der Waals surface area contributed by atoms with Crippen LogP contribution >= 0.6 is 0 Å². The molecular weight excluding hydrogens is 423 g/mol. The van der Waals surface area contributed by atoms with Crippen LogP contribution in [0.25, 0.3) is 11.1 Å². The Bertz CT molecular complexity index is 1090. The molecular formula is C27H29FO5.